The minimum Gasteiger partial charge on any atom is -0.350 e. The number of rotatable bonds is 8. The van der Waals surface area contributed by atoms with Gasteiger partial charge < -0.3 is 10.2 Å². The van der Waals surface area contributed by atoms with Crippen molar-refractivity contribution in [2.24, 2.45) is 0 Å². The maximum absolute atomic E-state index is 14.6. The van der Waals surface area contributed by atoms with Crippen molar-refractivity contribution in [3.05, 3.63) is 89.7 Å². The second kappa shape index (κ2) is 10.3. The van der Waals surface area contributed by atoms with E-state index in [1.807, 2.05) is 25.1 Å². The van der Waals surface area contributed by atoms with Crippen LogP contribution in [-0.4, -0.2) is 33.3 Å². The van der Waals surface area contributed by atoms with E-state index in [1.54, 1.807) is 23.1 Å². The van der Waals surface area contributed by atoms with E-state index in [9.17, 15) is 22.4 Å². The van der Waals surface area contributed by atoms with Gasteiger partial charge in [-0.15, -0.1) is 0 Å². The fourth-order valence-electron chi connectivity index (χ4n) is 3.93. The van der Waals surface area contributed by atoms with Gasteiger partial charge in [0.2, 0.25) is 11.8 Å². The van der Waals surface area contributed by atoms with E-state index in [2.05, 4.69) is 5.32 Å². The molecule has 0 aromatic heterocycles. The largest absolute Gasteiger partial charge is 0.350 e. The van der Waals surface area contributed by atoms with Crippen LogP contribution in [-0.2, 0) is 26.2 Å². The summed E-state index contributed by atoms with van der Waals surface area (Å²) >= 11 is 0. The number of aryl methyl sites for hydroxylation is 1. The number of para-hydroxylation sites is 1. The molecule has 0 radical (unpaired) electrons. The second-order valence-electron chi connectivity index (χ2n) is 8.37. The maximum atomic E-state index is 14.6. The van der Waals surface area contributed by atoms with E-state index in [1.165, 1.54) is 30.3 Å². The van der Waals surface area contributed by atoms with Crippen LogP contribution in [0.4, 0.5) is 15.8 Å². The van der Waals surface area contributed by atoms with Crippen LogP contribution in [0.3, 0.4) is 0 Å². The highest BCUT2D eigenvalue weighted by Crippen LogP contribution is 2.26. The molecule has 1 heterocycles. The van der Waals surface area contributed by atoms with Gasteiger partial charge in [0, 0.05) is 25.2 Å². The van der Waals surface area contributed by atoms with Crippen molar-refractivity contribution in [1.29, 1.82) is 0 Å². The molecule has 7 nitrogen and oxygen atoms in total. The van der Waals surface area contributed by atoms with Crippen LogP contribution < -0.4 is 14.5 Å². The van der Waals surface area contributed by atoms with Crippen LogP contribution in [0.15, 0.2) is 77.7 Å². The molecule has 1 saturated heterocycles. The summed E-state index contributed by atoms with van der Waals surface area (Å²) in [5, 5.41) is 2.71. The molecule has 1 aliphatic rings. The molecule has 3 aromatic rings. The molecule has 2 amide bonds. The fourth-order valence-corrected chi connectivity index (χ4v) is 5.36. The van der Waals surface area contributed by atoms with Gasteiger partial charge in [0.25, 0.3) is 10.0 Å². The summed E-state index contributed by atoms with van der Waals surface area (Å²) in [5.74, 6) is -1.28. The van der Waals surface area contributed by atoms with E-state index in [0.717, 1.165) is 33.6 Å². The highest BCUT2D eigenvalue weighted by atomic mass is 32.2. The lowest BCUT2D eigenvalue weighted by Crippen LogP contribution is -2.41. The average molecular weight is 496 g/mol. The van der Waals surface area contributed by atoms with Gasteiger partial charge in [0.1, 0.15) is 12.4 Å². The number of nitrogens with one attached hydrogen (secondary N) is 1. The van der Waals surface area contributed by atoms with E-state index < -0.39 is 28.3 Å². The number of hydrogen-bond donors (Lipinski definition) is 1. The molecule has 1 fully saturated rings. The summed E-state index contributed by atoms with van der Waals surface area (Å²) in [6.07, 6.45) is 1.32. The molecule has 1 aliphatic heterocycles. The Hall–Kier alpha value is -3.72. The van der Waals surface area contributed by atoms with Crippen molar-refractivity contribution < 1.29 is 22.4 Å². The van der Waals surface area contributed by atoms with Gasteiger partial charge in [-0.05, 0) is 55.3 Å². The normalized spacial score (nSPS) is 13.7. The molecular formula is C26H26FN3O4S. The molecule has 0 spiro atoms. The van der Waals surface area contributed by atoms with Crippen LogP contribution in [0.2, 0.25) is 0 Å². The van der Waals surface area contributed by atoms with Crippen LogP contribution in [0.5, 0.6) is 0 Å². The SMILES string of the molecule is Cc1ccc(S(=O)(=O)N(CC(=O)NCc2cccc(N3CCCC3=O)c2)c2ccccc2F)cc1. The van der Waals surface area contributed by atoms with Crippen LogP contribution in [0.1, 0.15) is 24.0 Å². The zero-order chi connectivity index (χ0) is 25.0. The second-order valence-corrected chi connectivity index (χ2v) is 10.2. The monoisotopic (exact) mass is 495 g/mol. The van der Waals surface area contributed by atoms with E-state index >= 15 is 0 Å². The Kier molecular flexibility index (Phi) is 7.16. The first-order chi connectivity index (χ1) is 16.8. The van der Waals surface area contributed by atoms with Crippen LogP contribution in [0.25, 0.3) is 0 Å². The summed E-state index contributed by atoms with van der Waals surface area (Å²) in [4.78, 5) is 26.5. The number of nitrogens with zero attached hydrogens (tertiary/aromatic N) is 2. The van der Waals surface area contributed by atoms with Gasteiger partial charge in [0.15, 0.2) is 0 Å². The quantitative estimate of drug-likeness (QED) is 0.515. The van der Waals surface area contributed by atoms with Crippen molar-refractivity contribution in [1.82, 2.24) is 5.32 Å². The number of carbonyl (C=O) groups is 2. The van der Waals surface area contributed by atoms with Gasteiger partial charge >= 0.3 is 0 Å². The van der Waals surface area contributed by atoms with Crippen molar-refractivity contribution in [3.8, 4) is 0 Å². The minimum absolute atomic E-state index is 0.0397. The molecule has 4 rings (SSSR count). The molecule has 0 unspecified atom stereocenters. The van der Waals surface area contributed by atoms with Crippen molar-refractivity contribution in [2.75, 3.05) is 22.3 Å². The number of benzene rings is 3. The topological polar surface area (TPSA) is 86.8 Å². The molecule has 35 heavy (non-hydrogen) atoms. The molecule has 0 atom stereocenters. The predicted molar refractivity (Wildman–Crippen MR) is 132 cm³/mol. The molecule has 3 aromatic carbocycles. The lowest BCUT2D eigenvalue weighted by atomic mass is 10.2. The average Bonchev–Trinajstić information content (AvgIpc) is 3.28. The lowest BCUT2D eigenvalue weighted by Gasteiger charge is -2.24. The third-order valence-electron chi connectivity index (χ3n) is 5.80. The van der Waals surface area contributed by atoms with Crippen LogP contribution >= 0.6 is 0 Å². The number of carbonyl (C=O) groups excluding carboxylic acids is 2. The molecule has 1 N–H and O–H groups in total. The smallest absolute Gasteiger partial charge is 0.264 e. The molecule has 0 bridgehead atoms. The van der Waals surface area contributed by atoms with Gasteiger partial charge in [-0.3, -0.25) is 13.9 Å². The molecule has 0 aliphatic carbocycles. The predicted octanol–water partition coefficient (Wildman–Crippen LogP) is 3.77. The van der Waals surface area contributed by atoms with Crippen molar-refractivity contribution in [3.63, 3.8) is 0 Å². The standard InChI is InChI=1S/C26H26FN3O4S/c1-19-11-13-22(14-12-19)35(33,34)30(24-9-3-2-8-23(24)27)18-25(31)28-17-20-6-4-7-21(16-20)29-15-5-10-26(29)32/h2-4,6-9,11-14,16H,5,10,15,17-18H2,1H3,(H,28,31). The Morgan fingerprint density at radius 2 is 1.80 bits per heavy atom. The summed E-state index contributed by atoms with van der Waals surface area (Å²) in [5.41, 5.74) is 2.18. The summed E-state index contributed by atoms with van der Waals surface area (Å²) in [6.45, 7) is 2.02. The first-order valence-corrected chi connectivity index (χ1v) is 12.7. The van der Waals surface area contributed by atoms with Gasteiger partial charge in [-0.1, -0.05) is 42.0 Å². The number of sulfonamides is 1. The van der Waals surface area contributed by atoms with E-state index in [-0.39, 0.29) is 23.0 Å². The summed E-state index contributed by atoms with van der Waals surface area (Å²) in [6, 6.07) is 18.9. The Bertz CT molecular complexity index is 1340. The number of anilines is 2. The molecule has 0 saturated carbocycles. The Morgan fingerprint density at radius 3 is 2.49 bits per heavy atom. The third kappa shape index (κ3) is 5.51. The summed E-state index contributed by atoms with van der Waals surface area (Å²) < 4.78 is 42.1. The van der Waals surface area contributed by atoms with Gasteiger partial charge in [0.05, 0.1) is 10.6 Å². The first-order valence-electron chi connectivity index (χ1n) is 11.3. The highest BCUT2D eigenvalue weighted by Gasteiger charge is 2.29. The van der Waals surface area contributed by atoms with E-state index in [4.69, 9.17) is 0 Å². The third-order valence-corrected chi connectivity index (χ3v) is 7.58. The Labute approximate surface area is 204 Å². The molecule has 182 valence electrons. The minimum atomic E-state index is -4.21. The number of halogens is 1. The van der Waals surface area contributed by atoms with E-state index in [0.29, 0.717) is 13.0 Å². The molecular weight excluding hydrogens is 469 g/mol. The fraction of sp³-hybridized carbons (Fsp3) is 0.231. The summed E-state index contributed by atoms with van der Waals surface area (Å²) in [7, 11) is -4.21. The number of hydrogen-bond acceptors (Lipinski definition) is 4. The van der Waals surface area contributed by atoms with Gasteiger partial charge in [-0.25, -0.2) is 12.8 Å². The Morgan fingerprint density at radius 1 is 1.06 bits per heavy atom. The Balaban J connectivity index is 1.53. The number of amides is 2. The maximum Gasteiger partial charge on any atom is 0.264 e. The van der Waals surface area contributed by atoms with Crippen molar-refractivity contribution in [2.45, 2.75) is 31.2 Å². The zero-order valence-corrected chi connectivity index (χ0v) is 20.1. The zero-order valence-electron chi connectivity index (χ0n) is 19.3. The first kappa shape index (κ1) is 24.4. The molecule has 9 heteroatoms. The lowest BCUT2D eigenvalue weighted by molar-refractivity contribution is -0.120. The highest BCUT2D eigenvalue weighted by molar-refractivity contribution is 7.92. The van der Waals surface area contributed by atoms with Crippen LogP contribution in [0, 0.1) is 12.7 Å². The van der Waals surface area contributed by atoms with Crippen molar-refractivity contribution >= 4 is 33.2 Å². The van der Waals surface area contributed by atoms with Gasteiger partial charge in [-0.2, -0.15) is 0 Å².